The van der Waals surface area contributed by atoms with Crippen LogP contribution < -0.4 is 11.1 Å². The minimum atomic E-state index is -0.0267. The lowest BCUT2D eigenvalue weighted by Gasteiger charge is -2.17. The molecule has 0 radical (unpaired) electrons. The number of likely N-dealkylation sites (N-methyl/N-ethyl adjacent to an activating group) is 1. The molecule has 1 amide bonds. The van der Waals surface area contributed by atoms with Crippen molar-refractivity contribution in [3.05, 3.63) is 0 Å². The Morgan fingerprint density at radius 3 is 2.62 bits per heavy atom. The van der Waals surface area contributed by atoms with E-state index in [0.29, 0.717) is 12.3 Å². The summed E-state index contributed by atoms with van der Waals surface area (Å²) in [5.41, 5.74) is 5.84. The van der Waals surface area contributed by atoms with Crippen molar-refractivity contribution in [1.29, 1.82) is 0 Å². The normalized spacial score (nSPS) is 17.9. The fourth-order valence-electron chi connectivity index (χ4n) is 1.59. The molecule has 1 saturated carbocycles. The topological polar surface area (TPSA) is 58.4 Å². The van der Waals surface area contributed by atoms with Gasteiger partial charge in [0.1, 0.15) is 0 Å². The van der Waals surface area contributed by atoms with Crippen LogP contribution >= 0.6 is 0 Å². The summed E-state index contributed by atoms with van der Waals surface area (Å²) in [7, 11) is 2.11. The lowest BCUT2D eigenvalue weighted by atomic mass is 10.0. The summed E-state index contributed by atoms with van der Waals surface area (Å²) < 4.78 is 0. The molecule has 0 aromatic carbocycles. The average Bonchev–Trinajstić information content (AvgIpc) is 3.00. The van der Waals surface area contributed by atoms with Crippen LogP contribution in [0.1, 0.15) is 33.1 Å². The fraction of sp³-hybridized carbons (Fsp3) is 0.917. The Bertz CT molecular complexity index is 226. The Morgan fingerprint density at radius 1 is 1.50 bits per heavy atom. The first-order valence-electron chi connectivity index (χ1n) is 6.23. The second kappa shape index (κ2) is 6.21. The minimum absolute atomic E-state index is 0.0267. The zero-order valence-corrected chi connectivity index (χ0v) is 10.7. The molecule has 1 aliphatic carbocycles. The zero-order chi connectivity index (χ0) is 12.1. The van der Waals surface area contributed by atoms with Gasteiger partial charge in [0.15, 0.2) is 0 Å². The van der Waals surface area contributed by atoms with E-state index in [1.165, 1.54) is 12.8 Å². The van der Waals surface area contributed by atoms with E-state index in [1.54, 1.807) is 0 Å². The molecule has 3 N–H and O–H groups in total. The van der Waals surface area contributed by atoms with Crippen molar-refractivity contribution >= 4 is 5.91 Å². The van der Waals surface area contributed by atoms with Crippen LogP contribution in [0.2, 0.25) is 0 Å². The number of amides is 1. The van der Waals surface area contributed by atoms with Crippen LogP contribution in [0, 0.1) is 5.92 Å². The summed E-state index contributed by atoms with van der Waals surface area (Å²) in [5.74, 6) is 0.435. The van der Waals surface area contributed by atoms with Crippen LogP contribution in [0.5, 0.6) is 0 Å². The third kappa shape index (κ3) is 4.94. The SMILES string of the molecule is CC(C)C(N)CC(=O)NCCN(C)C1CC1. The number of hydrogen-bond donors (Lipinski definition) is 2. The molecule has 4 heteroatoms. The highest BCUT2D eigenvalue weighted by atomic mass is 16.1. The second-order valence-corrected chi connectivity index (χ2v) is 5.17. The summed E-state index contributed by atoms with van der Waals surface area (Å²) in [5, 5.41) is 2.92. The van der Waals surface area contributed by atoms with Crippen molar-refractivity contribution < 1.29 is 4.79 Å². The van der Waals surface area contributed by atoms with Crippen LogP contribution in [-0.4, -0.2) is 43.0 Å². The first kappa shape index (κ1) is 13.5. The highest BCUT2D eigenvalue weighted by molar-refractivity contribution is 5.76. The number of carbonyl (C=O) groups is 1. The van der Waals surface area contributed by atoms with Gasteiger partial charge in [0.2, 0.25) is 5.91 Å². The van der Waals surface area contributed by atoms with E-state index in [2.05, 4.69) is 17.3 Å². The molecule has 0 spiro atoms. The molecule has 0 aromatic heterocycles. The average molecular weight is 227 g/mol. The van der Waals surface area contributed by atoms with Gasteiger partial charge in [0.25, 0.3) is 0 Å². The van der Waals surface area contributed by atoms with Crippen molar-refractivity contribution in [3.8, 4) is 0 Å². The van der Waals surface area contributed by atoms with Crippen molar-refractivity contribution in [2.24, 2.45) is 11.7 Å². The predicted molar refractivity (Wildman–Crippen MR) is 66.1 cm³/mol. The molecule has 1 atom stereocenters. The molecule has 1 unspecified atom stereocenters. The van der Waals surface area contributed by atoms with Crippen LogP contribution in [0.25, 0.3) is 0 Å². The molecular weight excluding hydrogens is 202 g/mol. The van der Waals surface area contributed by atoms with E-state index in [4.69, 9.17) is 5.73 Å². The number of nitrogens with one attached hydrogen (secondary N) is 1. The Hall–Kier alpha value is -0.610. The van der Waals surface area contributed by atoms with Crippen LogP contribution in [-0.2, 0) is 4.79 Å². The lowest BCUT2D eigenvalue weighted by molar-refractivity contribution is -0.121. The molecule has 1 aliphatic rings. The van der Waals surface area contributed by atoms with Gasteiger partial charge >= 0.3 is 0 Å². The summed E-state index contributed by atoms with van der Waals surface area (Å²) in [6.45, 7) is 5.75. The third-order valence-corrected chi connectivity index (χ3v) is 3.23. The van der Waals surface area contributed by atoms with E-state index in [1.807, 2.05) is 13.8 Å². The highest BCUT2D eigenvalue weighted by Crippen LogP contribution is 2.24. The molecule has 0 aromatic rings. The van der Waals surface area contributed by atoms with Crippen LogP contribution in [0.15, 0.2) is 0 Å². The minimum Gasteiger partial charge on any atom is -0.355 e. The predicted octanol–water partition coefficient (Wildman–Crippen LogP) is 0.570. The molecule has 0 aliphatic heterocycles. The summed E-state index contributed by atoms with van der Waals surface area (Å²) in [6.07, 6.45) is 3.05. The van der Waals surface area contributed by atoms with E-state index in [-0.39, 0.29) is 11.9 Å². The molecular formula is C12H25N3O. The second-order valence-electron chi connectivity index (χ2n) is 5.17. The van der Waals surface area contributed by atoms with Gasteiger partial charge in [-0.2, -0.15) is 0 Å². The molecule has 0 bridgehead atoms. The monoisotopic (exact) mass is 227 g/mol. The van der Waals surface area contributed by atoms with Gasteiger partial charge in [-0.15, -0.1) is 0 Å². The molecule has 0 saturated heterocycles. The Balaban J connectivity index is 2.05. The zero-order valence-electron chi connectivity index (χ0n) is 10.7. The fourth-order valence-corrected chi connectivity index (χ4v) is 1.59. The number of carbonyl (C=O) groups excluding carboxylic acids is 1. The molecule has 1 rings (SSSR count). The number of hydrogen-bond acceptors (Lipinski definition) is 3. The summed E-state index contributed by atoms with van der Waals surface area (Å²) >= 11 is 0. The van der Waals surface area contributed by atoms with Gasteiger partial charge in [-0.25, -0.2) is 0 Å². The van der Waals surface area contributed by atoms with Crippen molar-refractivity contribution in [1.82, 2.24) is 10.2 Å². The Labute approximate surface area is 98.6 Å². The van der Waals surface area contributed by atoms with Crippen molar-refractivity contribution in [2.45, 2.75) is 45.2 Å². The van der Waals surface area contributed by atoms with Crippen molar-refractivity contribution in [2.75, 3.05) is 20.1 Å². The largest absolute Gasteiger partial charge is 0.355 e. The summed E-state index contributed by atoms with van der Waals surface area (Å²) in [4.78, 5) is 13.8. The smallest absolute Gasteiger partial charge is 0.221 e. The van der Waals surface area contributed by atoms with E-state index >= 15 is 0 Å². The Kier molecular flexibility index (Phi) is 5.22. The van der Waals surface area contributed by atoms with Gasteiger partial charge in [-0.3, -0.25) is 4.79 Å². The van der Waals surface area contributed by atoms with Gasteiger partial charge in [-0.05, 0) is 25.8 Å². The standard InChI is InChI=1S/C12H25N3O/c1-9(2)11(13)8-12(16)14-6-7-15(3)10-4-5-10/h9-11H,4-8,13H2,1-3H3,(H,14,16). The Morgan fingerprint density at radius 2 is 2.12 bits per heavy atom. The van der Waals surface area contributed by atoms with E-state index in [0.717, 1.165) is 19.1 Å². The van der Waals surface area contributed by atoms with Crippen LogP contribution in [0.4, 0.5) is 0 Å². The molecule has 94 valence electrons. The molecule has 4 nitrogen and oxygen atoms in total. The maximum absolute atomic E-state index is 11.5. The van der Waals surface area contributed by atoms with Gasteiger partial charge < -0.3 is 16.0 Å². The van der Waals surface area contributed by atoms with E-state index in [9.17, 15) is 4.79 Å². The van der Waals surface area contributed by atoms with Gasteiger partial charge in [0.05, 0.1) is 0 Å². The first-order valence-corrected chi connectivity index (χ1v) is 6.23. The molecule has 16 heavy (non-hydrogen) atoms. The maximum atomic E-state index is 11.5. The van der Waals surface area contributed by atoms with E-state index < -0.39 is 0 Å². The van der Waals surface area contributed by atoms with Crippen LogP contribution in [0.3, 0.4) is 0 Å². The maximum Gasteiger partial charge on any atom is 0.221 e. The van der Waals surface area contributed by atoms with Gasteiger partial charge in [-0.1, -0.05) is 13.8 Å². The number of nitrogens with two attached hydrogens (primary N) is 1. The number of rotatable bonds is 7. The highest BCUT2D eigenvalue weighted by Gasteiger charge is 2.25. The first-order chi connectivity index (χ1) is 7.50. The number of nitrogens with zero attached hydrogens (tertiary/aromatic N) is 1. The van der Waals surface area contributed by atoms with Gasteiger partial charge in [0, 0.05) is 31.6 Å². The quantitative estimate of drug-likeness (QED) is 0.668. The summed E-state index contributed by atoms with van der Waals surface area (Å²) in [6, 6.07) is 0.732. The lowest BCUT2D eigenvalue weighted by Crippen LogP contribution is -2.38. The third-order valence-electron chi connectivity index (χ3n) is 3.23. The molecule has 0 heterocycles. The molecule has 1 fully saturated rings. The van der Waals surface area contributed by atoms with Crippen molar-refractivity contribution in [3.63, 3.8) is 0 Å².